The van der Waals surface area contributed by atoms with E-state index >= 15 is 0 Å². The summed E-state index contributed by atoms with van der Waals surface area (Å²) in [5.74, 6) is -0.105. The molecule has 0 aromatic carbocycles. The van der Waals surface area contributed by atoms with Crippen molar-refractivity contribution in [3.05, 3.63) is 0 Å². The Morgan fingerprint density at radius 2 is 0.944 bits per heavy atom. The molecule has 0 atom stereocenters. The van der Waals surface area contributed by atoms with E-state index in [2.05, 4.69) is 10.6 Å². The van der Waals surface area contributed by atoms with Crippen molar-refractivity contribution in [2.75, 3.05) is 106 Å². The van der Waals surface area contributed by atoms with Gasteiger partial charge in [-0.2, -0.15) is 0 Å². The molecule has 0 saturated carbocycles. The molecule has 0 heterocycles. The molecule has 4 N–H and O–H groups in total. The van der Waals surface area contributed by atoms with Gasteiger partial charge in [0, 0.05) is 32.0 Å². The lowest BCUT2D eigenvalue weighted by atomic mass is 10.2. The maximum absolute atomic E-state index is 11.7. The average Bonchev–Trinajstić information content (AvgIpc) is 2.84. The molecule has 0 bridgehead atoms. The van der Waals surface area contributed by atoms with Crippen molar-refractivity contribution in [2.45, 2.75) is 39.2 Å². The minimum atomic E-state index is -0.0772. The number of carbonyl (C=O) groups is 2. The van der Waals surface area contributed by atoms with Crippen molar-refractivity contribution < 1.29 is 42.7 Å². The summed E-state index contributed by atoms with van der Waals surface area (Å²) in [4.78, 5) is 23.2. The van der Waals surface area contributed by atoms with Gasteiger partial charge in [-0.3, -0.25) is 9.59 Å². The highest BCUT2D eigenvalue weighted by molar-refractivity contribution is 5.78. The van der Waals surface area contributed by atoms with Crippen LogP contribution >= 0.6 is 0 Å². The first-order chi connectivity index (χ1) is 17.6. The summed E-state index contributed by atoms with van der Waals surface area (Å²) in [6, 6.07) is 0.117. The zero-order valence-electron chi connectivity index (χ0n) is 22.3. The fraction of sp³-hybridized carbons (Fsp3) is 0.917. The highest BCUT2D eigenvalue weighted by Crippen LogP contribution is 1.96. The quantitative estimate of drug-likeness (QED) is 0.118. The fourth-order valence-electron chi connectivity index (χ4n) is 2.66. The predicted octanol–water partition coefficient (Wildman–Crippen LogP) is -0.128. The van der Waals surface area contributed by atoms with E-state index in [1.165, 1.54) is 0 Å². The maximum Gasteiger partial charge on any atom is 0.220 e. The summed E-state index contributed by atoms with van der Waals surface area (Å²) >= 11 is 0. The van der Waals surface area contributed by atoms with Gasteiger partial charge in [0.05, 0.1) is 92.5 Å². The second-order valence-corrected chi connectivity index (χ2v) is 8.00. The van der Waals surface area contributed by atoms with Crippen LogP contribution in [0.15, 0.2) is 0 Å². The van der Waals surface area contributed by atoms with Crippen LogP contribution in [0, 0.1) is 0 Å². The zero-order valence-corrected chi connectivity index (χ0v) is 22.3. The van der Waals surface area contributed by atoms with Crippen LogP contribution in [-0.2, 0) is 42.7 Å². The topological polar surface area (TPSA) is 149 Å². The van der Waals surface area contributed by atoms with Gasteiger partial charge in [-0.25, -0.2) is 0 Å². The molecule has 2 amide bonds. The molecule has 12 heteroatoms. The van der Waals surface area contributed by atoms with Gasteiger partial charge < -0.3 is 49.5 Å². The summed E-state index contributed by atoms with van der Waals surface area (Å²) in [7, 11) is 0. The lowest BCUT2D eigenvalue weighted by Crippen LogP contribution is -2.31. The van der Waals surface area contributed by atoms with E-state index in [0.29, 0.717) is 125 Å². The fourth-order valence-corrected chi connectivity index (χ4v) is 2.66. The van der Waals surface area contributed by atoms with Gasteiger partial charge in [-0.15, -0.1) is 0 Å². The number of amides is 2. The predicted molar refractivity (Wildman–Crippen MR) is 135 cm³/mol. The zero-order chi connectivity index (χ0) is 26.5. The number of ether oxygens (including phenoxy) is 7. The van der Waals surface area contributed by atoms with E-state index < -0.39 is 0 Å². The first-order valence-corrected chi connectivity index (χ1v) is 12.9. The van der Waals surface area contributed by atoms with Crippen LogP contribution in [0.5, 0.6) is 0 Å². The molecule has 0 aliphatic heterocycles. The summed E-state index contributed by atoms with van der Waals surface area (Å²) < 4.78 is 37.6. The van der Waals surface area contributed by atoms with Crippen molar-refractivity contribution in [1.29, 1.82) is 0 Å². The van der Waals surface area contributed by atoms with Crippen molar-refractivity contribution >= 4 is 11.8 Å². The second kappa shape index (κ2) is 28.2. The van der Waals surface area contributed by atoms with Gasteiger partial charge in [0.1, 0.15) is 0 Å². The third-order valence-electron chi connectivity index (χ3n) is 4.32. The van der Waals surface area contributed by atoms with Crippen LogP contribution in [-0.4, -0.2) is 123 Å². The molecule has 0 unspecified atom stereocenters. The number of carbonyl (C=O) groups excluding carboxylic acids is 2. The summed E-state index contributed by atoms with van der Waals surface area (Å²) in [5.41, 5.74) is 5.31. The van der Waals surface area contributed by atoms with E-state index in [4.69, 9.17) is 38.9 Å². The van der Waals surface area contributed by atoms with Crippen molar-refractivity contribution in [1.82, 2.24) is 10.6 Å². The molecule has 0 rings (SSSR count). The second-order valence-electron chi connectivity index (χ2n) is 8.00. The monoisotopic (exact) mass is 523 g/mol. The lowest BCUT2D eigenvalue weighted by Gasteiger charge is -2.09. The minimum Gasteiger partial charge on any atom is -0.378 e. The van der Waals surface area contributed by atoms with Crippen LogP contribution < -0.4 is 16.4 Å². The Balaban J connectivity index is 3.16. The minimum absolute atomic E-state index is 0.0274. The number of hydrogen-bond acceptors (Lipinski definition) is 10. The van der Waals surface area contributed by atoms with Gasteiger partial charge in [0.2, 0.25) is 11.8 Å². The molecule has 12 nitrogen and oxygen atoms in total. The lowest BCUT2D eigenvalue weighted by molar-refractivity contribution is -0.122. The largest absolute Gasteiger partial charge is 0.378 e. The standard InChI is InChI=1S/C24H49N3O9/c1-22(2)27-24(29)5-3-4-23(28)26-7-9-31-11-13-33-15-17-35-19-21-36-20-18-34-16-14-32-12-10-30-8-6-25/h22H,3-21,25H2,1-2H3,(H,26,28)(H,27,29). The summed E-state index contributed by atoms with van der Waals surface area (Å²) in [5, 5.41) is 5.57. The van der Waals surface area contributed by atoms with Gasteiger partial charge in [0.25, 0.3) is 0 Å². The average molecular weight is 524 g/mol. The molecule has 214 valence electrons. The smallest absolute Gasteiger partial charge is 0.220 e. The van der Waals surface area contributed by atoms with Crippen LogP contribution in [0.1, 0.15) is 33.1 Å². The number of hydrogen-bond donors (Lipinski definition) is 3. The molecule has 36 heavy (non-hydrogen) atoms. The number of rotatable bonds is 28. The van der Waals surface area contributed by atoms with Gasteiger partial charge in [-0.1, -0.05) is 0 Å². The third kappa shape index (κ3) is 28.9. The van der Waals surface area contributed by atoms with Crippen LogP contribution in [0.25, 0.3) is 0 Å². The molecule has 0 aromatic heterocycles. The Kier molecular flexibility index (Phi) is 27.1. The number of nitrogens with two attached hydrogens (primary N) is 1. The maximum atomic E-state index is 11.7. The highest BCUT2D eigenvalue weighted by atomic mass is 16.6. The van der Waals surface area contributed by atoms with Crippen molar-refractivity contribution in [2.24, 2.45) is 5.73 Å². The SMILES string of the molecule is CC(C)NC(=O)CCCC(=O)NCCOCCOCCOCCOCCOCCOCCOCCN. The molecule has 0 aliphatic rings. The third-order valence-corrected chi connectivity index (χ3v) is 4.32. The Bertz CT molecular complexity index is 499. The van der Waals surface area contributed by atoms with E-state index in [9.17, 15) is 9.59 Å². The Morgan fingerprint density at radius 1 is 0.583 bits per heavy atom. The van der Waals surface area contributed by atoms with E-state index in [1.54, 1.807) is 0 Å². The highest BCUT2D eigenvalue weighted by Gasteiger charge is 2.06. The summed E-state index contributed by atoms with van der Waals surface area (Å²) in [6.45, 7) is 11.7. The molecular formula is C24H49N3O9. The molecular weight excluding hydrogens is 474 g/mol. The van der Waals surface area contributed by atoms with Gasteiger partial charge >= 0.3 is 0 Å². The first-order valence-electron chi connectivity index (χ1n) is 12.9. The molecule has 0 saturated heterocycles. The van der Waals surface area contributed by atoms with Gasteiger partial charge in [0.15, 0.2) is 0 Å². The Hall–Kier alpha value is -1.38. The molecule has 0 fully saturated rings. The van der Waals surface area contributed by atoms with E-state index in [0.717, 1.165) is 0 Å². The van der Waals surface area contributed by atoms with Crippen LogP contribution in [0.3, 0.4) is 0 Å². The molecule has 0 spiro atoms. The summed E-state index contributed by atoms with van der Waals surface area (Å²) in [6.07, 6.45) is 1.22. The molecule has 0 aliphatic carbocycles. The Labute approximate surface area is 216 Å². The van der Waals surface area contributed by atoms with Crippen molar-refractivity contribution in [3.63, 3.8) is 0 Å². The molecule has 0 aromatic rings. The van der Waals surface area contributed by atoms with Crippen LogP contribution in [0.4, 0.5) is 0 Å². The van der Waals surface area contributed by atoms with E-state index in [1.807, 2.05) is 13.8 Å². The Morgan fingerprint density at radius 3 is 1.33 bits per heavy atom. The number of nitrogens with one attached hydrogen (secondary N) is 2. The molecule has 0 radical (unpaired) electrons. The van der Waals surface area contributed by atoms with E-state index in [-0.39, 0.29) is 17.9 Å². The first kappa shape index (κ1) is 34.6. The normalized spacial score (nSPS) is 11.2. The van der Waals surface area contributed by atoms with Crippen molar-refractivity contribution in [3.8, 4) is 0 Å². The van der Waals surface area contributed by atoms with Gasteiger partial charge in [-0.05, 0) is 20.3 Å². The van der Waals surface area contributed by atoms with Crippen LogP contribution in [0.2, 0.25) is 0 Å².